The summed E-state index contributed by atoms with van der Waals surface area (Å²) >= 11 is 0. The first-order valence-corrected chi connectivity index (χ1v) is 16.9. The lowest BCUT2D eigenvalue weighted by atomic mass is 10.0. The zero-order valence-corrected chi connectivity index (χ0v) is 25.6. The van der Waals surface area contributed by atoms with Crippen LogP contribution < -0.4 is 0 Å². The molecule has 0 amide bonds. The van der Waals surface area contributed by atoms with E-state index < -0.39 is 0 Å². The molecule has 0 fully saturated rings. The molecule has 2 heteroatoms. The molecule has 0 aliphatic carbocycles. The van der Waals surface area contributed by atoms with Gasteiger partial charge in [-0.05, 0) is 33.1 Å². The zero-order valence-electron chi connectivity index (χ0n) is 25.6. The Labute approximate surface area is 229 Å². The van der Waals surface area contributed by atoms with E-state index in [9.17, 15) is 0 Å². The normalized spacial score (nSPS) is 15.6. The van der Waals surface area contributed by atoms with Crippen molar-refractivity contribution in [2.75, 3.05) is 6.54 Å². The average Bonchev–Trinajstić information content (AvgIpc) is 3.28. The van der Waals surface area contributed by atoms with Gasteiger partial charge in [0, 0.05) is 25.0 Å². The molecule has 1 aliphatic heterocycles. The largest absolute Gasteiger partial charge is 0.356 e. The molecule has 1 atom stereocenters. The highest BCUT2D eigenvalue weighted by atomic mass is 15.4. The Kier molecular flexibility index (Phi) is 22.9. The van der Waals surface area contributed by atoms with Crippen LogP contribution >= 0.6 is 0 Å². The van der Waals surface area contributed by atoms with Crippen molar-refractivity contribution in [1.82, 2.24) is 9.80 Å². The van der Waals surface area contributed by atoms with E-state index in [-0.39, 0.29) is 0 Å². The maximum Gasteiger partial charge on any atom is 0.101 e. The quantitative estimate of drug-likeness (QED) is 0.103. The van der Waals surface area contributed by atoms with Gasteiger partial charge >= 0.3 is 0 Å². The smallest absolute Gasteiger partial charge is 0.101 e. The number of hydrogen-bond donors (Lipinski definition) is 0. The van der Waals surface area contributed by atoms with Crippen LogP contribution in [-0.4, -0.2) is 28.6 Å². The first-order chi connectivity index (χ1) is 17.7. The lowest BCUT2D eigenvalue weighted by Crippen LogP contribution is -2.42. The van der Waals surface area contributed by atoms with Gasteiger partial charge in [0.1, 0.15) is 6.17 Å². The highest BCUT2D eigenvalue weighted by Gasteiger charge is 2.26. The molecule has 36 heavy (non-hydrogen) atoms. The van der Waals surface area contributed by atoms with E-state index in [1.807, 2.05) is 0 Å². The summed E-state index contributed by atoms with van der Waals surface area (Å²) in [5.41, 5.74) is 0. The van der Waals surface area contributed by atoms with Gasteiger partial charge in [-0.25, -0.2) is 0 Å². The molecule has 2 nitrogen and oxygen atoms in total. The Balaban J connectivity index is 2.02. The molecular weight excluding hydrogens is 436 g/mol. The summed E-state index contributed by atoms with van der Waals surface area (Å²) < 4.78 is 0. The van der Waals surface area contributed by atoms with Crippen LogP contribution in [0.3, 0.4) is 0 Å². The average molecular weight is 505 g/mol. The van der Waals surface area contributed by atoms with Gasteiger partial charge in [-0.1, -0.05) is 155 Å². The second kappa shape index (κ2) is 24.7. The molecular formula is C34H68N2. The van der Waals surface area contributed by atoms with E-state index in [0.717, 1.165) is 0 Å². The molecule has 0 saturated carbocycles. The first-order valence-electron chi connectivity index (χ1n) is 16.9. The maximum absolute atomic E-state index is 2.66. The predicted octanol–water partition coefficient (Wildman–Crippen LogP) is 11.6. The number of unbranched alkanes of at least 4 members (excludes halogenated alkanes) is 22. The molecule has 0 aromatic heterocycles. The van der Waals surface area contributed by atoms with Crippen molar-refractivity contribution in [2.24, 2.45) is 0 Å². The molecule has 1 aliphatic rings. The lowest BCUT2D eigenvalue weighted by molar-refractivity contribution is 0.114. The summed E-state index contributed by atoms with van der Waals surface area (Å²) in [6, 6.07) is 0.607. The molecule has 0 spiro atoms. The molecule has 1 rings (SSSR count). The van der Waals surface area contributed by atoms with Crippen LogP contribution in [0.4, 0.5) is 0 Å². The summed E-state index contributed by atoms with van der Waals surface area (Å²) in [7, 11) is 0. The van der Waals surface area contributed by atoms with Crippen molar-refractivity contribution in [3.63, 3.8) is 0 Å². The van der Waals surface area contributed by atoms with Crippen molar-refractivity contribution in [1.29, 1.82) is 0 Å². The Hall–Kier alpha value is -0.660. The van der Waals surface area contributed by atoms with E-state index in [1.54, 1.807) is 0 Å². The van der Waals surface area contributed by atoms with Gasteiger partial charge in [0.05, 0.1) is 0 Å². The van der Waals surface area contributed by atoms with Crippen LogP contribution in [0, 0.1) is 0 Å². The zero-order chi connectivity index (χ0) is 26.1. The van der Waals surface area contributed by atoms with E-state index in [4.69, 9.17) is 0 Å². The molecule has 0 aromatic carbocycles. The fourth-order valence-corrected chi connectivity index (χ4v) is 5.89. The van der Waals surface area contributed by atoms with E-state index in [1.165, 1.54) is 167 Å². The van der Waals surface area contributed by atoms with E-state index >= 15 is 0 Å². The van der Waals surface area contributed by atoms with Crippen molar-refractivity contribution in [3.8, 4) is 0 Å². The second-order valence-corrected chi connectivity index (χ2v) is 12.1. The van der Waals surface area contributed by atoms with Gasteiger partial charge in [0.2, 0.25) is 0 Å². The monoisotopic (exact) mass is 505 g/mol. The maximum atomic E-state index is 2.66. The number of rotatable bonds is 27. The predicted molar refractivity (Wildman–Crippen MR) is 163 cm³/mol. The number of nitrogens with zero attached hydrogens (tertiary/aromatic N) is 2. The fraction of sp³-hybridized carbons (Fsp3) is 0.941. The van der Waals surface area contributed by atoms with Crippen LogP contribution in [0.5, 0.6) is 0 Å². The minimum atomic E-state index is 0.607. The number of hydrogen-bond acceptors (Lipinski definition) is 2. The third-order valence-electron chi connectivity index (χ3n) is 8.34. The summed E-state index contributed by atoms with van der Waals surface area (Å²) in [4.78, 5) is 5.27. The molecule has 0 bridgehead atoms. The van der Waals surface area contributed by atoms with Gasteiger partial charge in [0.25, 0.3) is 0 Å². The molecule has 214 valence electrons. The molecule has 0 radical (unpaired) electrons. The molecule has 0 aromatic rings. The minimum absolute atomic E-state index is 0.607. The Morgan fingerprint density at radius 2 is 0.833 bits per heavy atom. The standard InChI is InChI=1S/C34H68N2/c1-5-7-9-11-13-15-16-17-18-19-20-21-23-25-27-29-34-35(31-32-36(34)33(3)4)30-28-26-24-22-14-12-10-8-6-2/h31-34H,5-30H2,1-4H3. The summed E-state index contributed by atoms with van der Waals surface area (Å²) in [5, 5.41) is 0. The third-order valence-corrected chi connectivity index (χ3v) is 8.34. The molecule has 0 saturated heterocycles. The topological polar surface area (TPSA) is 6.48 Å². The highest BCUT2D eigenvalue weighted by molar-refractivity contribution is 4.98. The van der Waals surface area contributed by atoms with Crippen LogP contribution in [0.15, 0.2) is 12.4 Å². The van der Waals surface area contributed by atoms with E-state index in [2.05, 4.69) is 49.9 Å². The Morgan fingerprint density at radius 3 is 1.22 bits per heavy atom. The van der Waals surface area contributed by atoms with Crippen LogP contribution in [-0.2, 0) is 0 Å². The van der Waals surface area contributed by atoms with Crippen molar-refractivity contribution in [3.05, 3.63) is 12.4 Å². The first kappa shape index (κ1) is 33.4. The van der Waals surface area contributed by atoms with Crippen molar-refractivity contribution >= 4 is 0 Å². The van der Waals surface area contributed by atoms with Crippen molar-refractivity contribution < 1.29 is 0 Å². The SMILES string of the molecule is CCCCCCCCCCCCCCCCCC1N(CCCCCCCCCCC)C=CN1C(C)C. The molecule has 0 N–H and O–H groups in total. The fourth-order valence-electron chi connectivity index (χ4n) is 5.89. The van der Waals surface area contributed by atoms with Gasteiger partial charge in [-0.2, -0.15) is 0 Å². The van der Waals surface area contributed by atoms with Gasteiger partial charge in [0.15, 0.2) is 0 Å². The lowest BCUT2D eigenvalue weighted by Gasteiger charge is -2.35. The van der Waals surface area contributed by atoms with Crippen LogP contribution in [0.1, 0.15) is 188 Å². The summed E-state index contributed by atoms with van der Waals surface area (Å²) in [6.07, 6.45) is 41.2. The molecule has 1 heterocycles. The van der Waals surface area contributed by atoms with Crippen LogP contribution in [0.25, 0.3) is 0 Å². The highest BCUT2D eigenvalue weighted by Crippen LogP contribution is 2.25. The summed E-state index contributed by atoms with van der Waals surface area (Å²) in [5.74, 6) is 0. The van der Waals surface area contributed by atoms with Gasteiger partial charge in [-0.15, -0.1) is 0 Å². The minimum Gasteiger partial charge on any atom is -0.356 e. The molecule has 1 unspecified atom stereocenters. The second-order valence-electron chi connectivity index (χ2n) is 12.1. The summed E-state index contributed by atoms with van der Waals surface area (Å²) in [6.45, 7) is 10.6. The Morgan fingerprint density at radius 1 is 0.472 bits per heavy atom. The van der Waals surface area contributed by atoms with E-state index in [0.29, 0.717) is 12.2 Å². The van der Waals surface area contributed by atoms with Crippen LogP contribution in [0.2, 0.25) is 0 Å². The Bertz CT molecular complexity index is 472. The van der Waals surface area contributed by atoms with Gasteiger partial charge in [-0.3, -0.25) is 0 Å². The van der Waals surface area contributed by atoms with Gasteiger partial charge < -0.3 is 9.80 Å². The third kappa shape index (κ3) is 17.7. The van der Waals surface area contributed by atoms with Crippen molar-refractivity contribution in [2.45, 2.75) is 200 Å².